The quantitative estimate of drug-likeness (QED) is 0.799. The van der Waals surface area contributed by atoms with Crippen LogP contribution in [0.25, 0.3) is 0 Å². The summed E-state index contributed by atoms with van der Waals surface area (Å²) < 4.78 is 1.69. The Morgan fingerprint density at radius 1 is 1.32 bits per heavy atom. The molecule has 1 fully saturated rings. The van der Waals surface area contributed by atoms with Crippen LogP contribution in [0.5, 0.6) is 0 Å². The fourth-order valence-corrected chi connectivity index (χ4v) is 4.24. The van der Waals surface area contributed by atoms with Crippen LogP contribution in [0.2, 0.25) is 0 Å². The predicted octanol–water partition coefficient (Wildman–Crippen LogP) is 3.65. The number of thiophene rings is 1. The van der Waals surface area contributed by atoms with Gasteiger partial charge >= 0.3 is 5.97 Å². The Bertz CT molecular complexity index is 484. The molecule has 19 heavy (non-hydrogen) atoms. The summed E-state index contributed by atoms with van der Waals surface area (Å²) in [6.07, 6.45) is 3.25. The van der Waals surface area contributed by atoms with Crippen molar-refractivity contribution in [2.75, 3.05) is 0 Å². The van der Waals surface area contributed by atoms with E-state index in [0.29, 0.717) is 11.3 Å². The number of carboxylic acid groups (broad SMARTS) is 1. The molecule has 1 heterocycles. The highest BCUT2D eigenvalue weighted by Gasteiger charge is 2.32. The van der Waals surface area contributed by atoms with E-state index in [0.717, 1.165) is 27.5 Å². The molecule has 0 radical (unpaired) electrons. The highest BCUT2D eigenvalue weighted by molar-refractivity contribution is 9.13. The van der Waals surface area contributed by atoms with Crippen LogP contribution in [0.15, 0.2) is 14.3 Å². The van der Waals surface area contributed by atoms with Crippen molar-refractivity contribution in [1.29, 1.82) is 0 Å². The molecule has 1 aliphatic carbocycles. The van der Waals surface area contributed by atoms with E-state index in [4.69, 9.17) is 0 Å². The lowest BCUT2D eigenvalue weighted by Crippen LogP contribution is -2.44. The highest BCUT2D eigenvalue weighted by atomic mass is 79.9. The molecular formula is C12H13Br2NO3S. The Morgan fingerprint density at radius 3 is 2.58 bits per heavy atom. The van der Waals surface area contributed by atoms with Crippen LogP contribution in [0.3, 0.4) is 0 Å². The first-order valence-electron chi connectivity index (χ1n) is 5.97. The Labute approximate surface area is 131 Å². The first-order valence-corrected chi connectivity index (χ1v) is 8.38. The molecule has 0 spiro atoms. The van der Waals surface area contributed by atoms with Gasteiger partial charge in [0, 0.05) is 10.5 Å². The lowest BCUT2D eigenvalue weighted by molar-refractivity contribution is -0.143. The van der Waals surface area contributed by atoms with Gasteiger partial charge in [0.25, 0.3) is 5.91 Å². The van der Waals surface area contributed by atoms with Crippen molar-refractivity contribution >= 4 is 55.1 Å². The zero-order valence-electron chi connectivity index (χ0n) is 9.99. The smallest absolute Gasteiger partial charge is 0.308 e. The summed E-state index contributed by atoms with van der Waals surface area (Å²) >= 11 is 8.01. The molecule has 1 amide bonds. The van der Waals surface area contributed by atoms with Crippen molar-refractivity contribution in [3.8, 4) is 0 Å². The highest BCUT2D eigenvalue weighted by Crippen LogP contribution is 2.33. The van der Waals surface area contributed by atoms with Gasteiger partial charge in [-0.2, -0.15) is 0 Å². The second kappa shape index (κ2) is 6.37. The number of rotatable bonds is 3. The molecule has 1 aromatic heterocycles. The maximum absolute atomic E-state index is 12.1. The summed E-state index contributed by atoms with van der Waals surface area (Å²) in [7, 11) is 0. The number of hydrogen-bond acceptors (Lipinski definition) is 3. The molecule has 4 nitrogen and oxygen atoms in total. The second-order valence-corrected chi connectivity index (χ2v) is 7.77. The average molecular weight is 411 g/mol. The first kappa shape index (κ1) is 15.0. The zero-order valence-corrected chi connectivity index (χ0v) is 14.0. The summed E-state index contributed by atoms with van der Waals surface area (Å²) in [6.45, 7) is 0. The van der Waals surface area contributed by atoms with Gasteiger partial charge in [0.1, 0.15) is 0 Å². The Kier molecular flexibility index (Phi) is 5.03. The predicted molar refractivity (Wildman–Crippen MR) is 80.6 cm³/mol. The van der Waals surface area contributed by atoms with E-state index in [9.17, 15) is 14.7 Å². The molecule has 7 heteroatoms. The van der Waals surface area contributed by atoms with Gasteiger partial charge in [-0.25, -0.2) is 0 Å². The molecule has 1 aromatic rings. The monoisotopic (exact) mass is 409 g/mol. The molecule has 2 atom stereocenters. The SMILES string of the molecule is O=C(NC1CCCCC1C(=O)O)c1cc(Br)c(Br)s1. The topological polar surface area (TPSA) is 66.4 Å². The van der Waals surface area contributed by atoms with Gasteiger partial charge in [0.2, 0.25) is 0 Å². The molecule has 0 aromatic carbocycles. The third-order valence-electron chi connectivity index (χ3n) is 3.27. The van der Waals surface area contributed by atoms with Gasteiger partial charge in [-0.1, -0.05) is 12.8 Å². The number of hydrogen-bond donors (Lipinski definition) is 2. The van der Waals surface area contributed by atoms with Gasteiger partial charge in [-0.05, 0) is 50.8 Å². The molecule has 2 unspecified atom stereocenters. The van der Waals surface area contributed by atoms with E-state index < -0.39 is 11.9 Å². The Morgan fingerprint density at radius 2 is 2.00 bits per heavy atom. The van der Waals surface area contributed by atoms with E-state index in [1.807, 2.05) is 0 Å². The van der Waals surface area contributed by atoms with Crippen LogP contribution < -0.4 is 5.32 Å². The largest absolute Gasteiger partial charge is 0.481 e. The van der Waals surface area contributed by atoms with Crippen LogP contribution in [0.1, 0.15) is 35.4 Å². The van der Waals surface area contributed by atoms with E-state index in [2.05, 4.69) is 37.2 Å². The number of carbonyl (C=O) groups is 2. The number of amides is 1. The summed E-state index contributed by atoms with van der Waals surface area (Å²) in [5.41, 5.74) is 0. The summed E-state index contributed by atoms with van der Waals surface area (Å²) in [4.78, 5) is 23.9. The van der Waals surface area contributed by atoms with Gasteiger partial charge in [0.15, 0.2) is 0 Å². The third kappa shape index (κ3) is 3.58. The van der Waals surface area contributed by atoms with E-state index in [-0.39, 0.29) is 11.9 Å². The maximum Gasteiger partial charge on any atom is 0.308 e. The van der Waals surface area contributed by atoms with Crippen molar-refractivity contribution in [1.82, 2.24) is 5.32 Å². The average Bonchev–Trinajstić information content (AvgIpc) is 2.70. The van der Waals surface area contributed by atoms with Crippen molar-refractivity contribution < 1.29 is 14.7 Å². The molecule has 2 rings (SSSR count). The van der Waals surface area contributed by atoms with Crippen LogP contribution in [0, 0.1) is 5.92 Å². The summed E-state index contributed by atoms with van der Waals surface area (Å²) in [5, 5.41) is 12.0. The minimum atomic E-state index is -0.821. The molecule has 0 aliphatic heterocycles. The van der Waals surface area contributed by atoms with Crippen molar-refractivity contribution in [2.24, 2.45) is 5.92 Å². The lowest BCUT2D eigenvalue weighted by Gasteiger charge is -2.29. The van der Waals surface area contributed by atoms with Gasteiger partial charge in [-0.3, -0.25) is 9.59 Å². The number of aliphatic carboxylic acids is 1. The summed E-state index contributed by atoms with van der Waals surface area (Å²) in [5.74, 6) is -1.49. The molecule has 2 N–H and O–H groups in total. The minimum Gasteiger partial charge on any atom is -0.481 e. The van der Waals surface area contributed by atoms with E-state index >= 15 is 0 Å². The van der Waals surface area contributed by atoms with Crippen molar-refractivity contribution in [2.45, 2.75) is 31.7 Å². The van der Waals surface area contributed by atoms with Crippen LogP contribution in [-0.4, -0.2) is 23.0 Å². The second-order valence-electron chi connectivity index (χ2n) is 4.54. The van der Waals surface area contributed by atoms with Crippen molar-refractivity contribution in [3.63, 3.8) is 0 Å². The number of nitrogens with one attached hydrogen (secondary N) is 1. The fourth-order valence-electron chi connectivity index (χ4n) is 2.30. The van der Waals surface area contributed by atoms with Crippen LogP contribution in [-0.2, 0) is 4.79 Å². The summed E-state index contributed by atoms with van der Waals surface area (Å²) in [6, 6.07) is 1.47. The normalized spacial score (nSPS) is 23.1. The zero-order chi connectivity index (χ0) is 14.0. The van der Waals surface area contributed by atoms with Gasteiger partial charge in [-0.15, -0.1) is 11.3 Å². The molecule has 1 aliphatic rings. The maximum atomic E-state index is 12.1. The van der Waals surface area contributed by atoms with Gasteiger partial charge in [0.05, 0.1) is 14.6 Å². The van der Waals surface area contributed by atoms with Crippen LogP contribution >= 0.6 is 43.2 Å². The third-order valence-corrected chi connectivity index (χ3v) is 6.52. The van der Waals surface area contributed by atoms with Crippen molar-refractivity contribution in [3.05, 3.63) is 19.2 Å². The molecule has 104 valence electrons. The minimum absolute atomic E-state index is 0.199. The first-order chi connectivity index (χ1) is 8.99. The molecule has 0 bridgehead atoms. The van der Waals surface area contributed by atoms with Gasteiger partial charge < -0.3 is 10.4 Å². The number of halogens is 2. The molecular weight excluding hydrogens is 398 g/mol. The number of carboxylic acids is 1. The fraction of sp³-hybridized carbons (Fsp3) is 0.500. The van der Waals surface area contributed by atoms with E-state index in [1.165, 1.54) is 11.3 Å². The molecule has 0 saturated heterocycles. The molecule has 1 saturated carbocycles. The van der Waals surface area contributed by atoms with E-state index in [1.54, 1.807) is 6.07 Å². The number of carbonyl (C=O) groups excluding carboxylic acids is 1. The lowest BCUT2D eigenvalue weighted by atomic mass is 9.84. The standard InChI is InChI=1S/C12H13Br2NO3S/c13-7-5-9(19-10(7)14)11(16)15-8-4-2-1-3-6(8)12(17)18/h5-6,8H,1-4H2,(H,15,16)(H,17,18). The Hall–Kier alpha value is -0.400. The Balaban J connectivity index is 2.06. The van der Waals surface area contributed by atoms with Crippen LogP contribution in [0.4, 0.5) is 0 Å².